The number of hydrogen-bond acceptors (Lipinski definition) is 6. The van der Waals surface area contributed by atoms with Gasteiger partial charge in [-0.25, -0.2) is 4.79 Å². The molecule has 0 radical (unpaired) electrons. The van der Waals surface area contributed by atoms with Gasteiger partial charge in [0.2, 0.25) is 0 Å². The topological polar surface area (TPSA) is 93.7 Å². The van der Waals surface area contributed by atoms with E-state index >= 15 is 0 Å². The Morgan fingerprint density at radius 3 is 2.21 bits per heavy atom. The predicted octanol–water partition coefficient (Wildman–Crippen LogP) is 5.51. The fraction of sp³-hybridized carbons (Fsp3) is 0.269. The first-order valence-corrected chi connectivity index (χ1v) is 11.7. The van der Waals surface area contributed by atoms with E-state index in [1.54, 1.807) is 38.1 Å². The number of aryl methyl sites for hydroxylation is 2. The van der Waals surface area contributed by atoms with Gasteiger partial charge in [-0.3, -0.25) is 9.59 Å². The van der Waals surface area contributed by atoms with Crippen molar-refractivity contribution in [2.75, 3.05) is 17.2 Å². The Labute approximate surface area is 203 Å². The maximum atomic E-state index is 12.8. The van der Waals surface area contributed by atoms with Gasteiger partial charge in [-0.2, -0.15) is 0 Å². The van der Waals surface area contributed by atoms with Gasteiger partial charge in [0.05, 0.1) is 12.2 Å². The summed E-state index contributed by atoms with van der Waals surface area (Å²) in [5.74, 6) is -0.636. The fourth-order valence-electron chi connectivity index (χ4n) is 3.16. The summed E-state index contributed by atoms with van der Waals surface area (Å²) in [6.45, 7) is 9.34. The van der Waals surface area contributed by atoms with Crippen LogP contribution in [0.2, 0.25) is 0 Å². The van der Waals surface area contributed by atoms with Crippen LogP contribution < -0.4 is 15.4 Å². The Balaban J connectivity index is 1.63. The third-order valence-corrected chi connectivity index (χ3v) is 6.33. The van der Waals surface area contributed by atoms with E-state index in [1.807, 2.05) is 45.0 Å². The number of benzene rings is 2. The molecule has 0 saturated carbocycles. The van der Waals surface area contributed by atoms with E-state index in [4.69, 9.17) is 9.47 Å². The molecule has 2 N–H and O–H groups in total. The van der Waals surface area contributed by atoms with Crippen LogP contribution in [-0.4, -0.2) is 30.5 Å². The average Bonchev–Trinajstić information content (AvgIpc) is 3.08. The summed E-state index contributed by atoms with van der Waals surface area (Å²) in [4.78, 5) is 38.4. The normalized spacial score (nSPS) is 11.4. The van der Waals surface area contributed by atoms with Crippen molar-refractivity contribution in [3.05, 3.63) is 75.7 Å². The highest BCUT2D eigenvalue weighted by atomic mass is 32.1. The van der Waals surface area contributed by atoms with Gasteiger partial charge in [-0.1, -0.05) is 17.7 Å². The van der Waals surface area contributed by atoms with Crippen molar-refractivity contribution in [2.24, 2.45) is 0 Å². The number of ether oxygens (including phenoxy) is 2. The molecule has 0 aliphatic rings. The molecule has 1 aromatic heterocycles. The van der Waals surface area contributed by atoms with Crippen LogP contribution >= 0.6 is 11.3 Å². The van der Waals surface area contributed by atoms with E-state index in [0.717, 1.165) is 16.0 Å². The molecule has 0 aliphatic heterocycles. The van der Waals surface area contributed by atoms with Crippen LogP contribution in [0.25, 0.3) is 0 Å². The Morgan fingerprint density at radius 1 is 0.941 bits per heavy atom. The van der Waals surface area contributed by atoms with Gasteiger partial charge < -0.3 is 20.1 Å². The molecule has 0 fully saturated rings. The molecule has 2 aromatic carbocycles. The summed E-state index contributed by atoms with van der Waals surface area (Å²) >= 11 is 1.33. The number of nitrogens with one attached hydrogen (secondary N) is 2. The summed E-state index contributed by atoms with van der Waals surface area (Å²) in [7, 11) is 0. The van der Waals surface area contributed by atoms with Crippen LogP contribution in [0.4, 0.5) is 10.7 Å². The number of hydrogen-bond donors (Lipinski definition) is 2. The lowest BCUT2D eigenvalue weighted by molar-refractivity contribution is -0.122. The zero-order valence-electron chi connectivity index (χ0n) is 19.9. The zero-order valence-corrected chi connectivity index (χ0v) is 20.7. The number of esters is 1. The highest BCUT2D eigenvalue weighted by molar-refractivity contribution is 7.16. The predicted molar refractivity (Wildman–Crippen MR) is 134 cm³/mol. The molecule has 7 nitrogen and oxygen atoms in total. The number of anilines is 2. The molecular formula is C26H28N2O5S. The molecule has 0 aliphatic carbocycles. The van der Waals surface area contributed by atoms with Gasteiger partial charge in [-0.15, -0.1) is 11.3 Å². The van der Waals surface area contributed by atoms with Gasteiger partial charge in [0, 0.05) is 16.1 Å². The monoisotopic (exact) mass is 480 g/mol. The SMILES string of the molecule is CCOC(=O)c1c(NC(=O)c2ccc(OC(C)C(=O)Nc3ccc(C)cc3)cc2)sc(C)c1C. The van der Waals surface area contributed by atoms with Crippen LogP contribution in [0.1, 0.15) is 50.6 Å². The molecule has 0 saturated heterocycles. The molecule has 1 heterocycles. The van der Waals surface area contributed by atoms with Crippen molar-refractivity contribution in [3.63, 3.8) is 0 Å². The number of thiophene rings is 1. The fourth-order valence-corrected chi connectivity index (χ4v) is 4.21. The number of rotatable bonds is 8. The zero-order chi connectivity index (χ0) is 24.8. The van der Waals surface area contributed by atoms with E-state index in [9.17, 15) is 14.4 Å². The molecule has 2 amide bonds. The highest BCUT2D eigenvalue weighted by Gasteiger charge is 2.22. The first-order valence-electron chi connectivity index (χ1n) is 10.9. The van der Waals surface area contributed by atoms with Crippen molar-refractivity contribution >= 4 is 39.8 Å². The van der Waals surface area contributed by atoms with Gasteiger partial charge in [0.15, 0.2) is 6.10 Å². The summed E-state index contributed by atoms with van der Waals surface area (Å²) in [6.07, 6.45) is -0.731. The summed E-state index contributed by atoms with van der Waals surface area (Å²) in [5.41, 5.74) is 3.36. The Morgan fingerprint density at radius 2 is 1.59 bits per heavy atom. The van der Waals surface area contributed by atoms with Gasteiger partial charge >= 0.3 is 5.97 Å². The number of carbonyl (C=O) groups excluding carboxylic acids is 3. The molecule has 0 bridgehead atoms. The minimum atomic E-state index is -0.731. The van der Waals surface area contributed by atoms with Crippen LogP contribution in [0.15, 0.2) is 48.5 Å². The second-order valence-electron chi connectivity index (χ2n) is 7.80. The highest BCUT2D eigenvalue weighted by Crippen LogP contribution is 2.33. The molecular weight excluding hydrogens is 452 g/mol. The van der Waals surface area contributed by atoms with Crippen molar-refractivity contribution in [1.82, 2.24) is 0 Å². The lowest BCUT2D eigenvalue weighted by atomic mass is 10.1. The molecule has 0 spiro atoms. The third-order valence-electron chi connectivity index (χ3n) is 5.21. The summed E-state index contributed by atoms with van der Waals surface area (Å²) < 4.78 is 10.9. The largest absolute Gasteiger partial charge is 0.481 e. The van der Waals surface area contributed by atoms with Gasteiger partial charge in [-0.05, 0) is 76.6 Å². The molecule has 3 aromatic rings. The maximum absolute atomic E-state index is 12.8. The molecule has 1 unspecified atom stereocenters. The van der Waals surface area contributed by atoms with Gasteiger partial charge in [0.1, 0.15) is 10.8 Å². The first kappa shape index (κ1) is 25.0. The van der Waals surface area contributed by atoms with Crippen LogP contribution in [-0.2, 0) is 9.53 Å². The van der Waals surface area contributed by atoms with Crippen molar-refractivity contribution in [1.29, 1.82) is 0 Å². The molecule has 8 heteroatoms. The molecule has 178 valence electrons. The number of carbonyl (C=O) groups is 3. The standard InChI is InChI=1S/C26H28N2O5S/c1-6-32-26(31)22-16(3)18(5)34-25(22)28-24(30)19-9-13-21(14-10-19)33-17(4)23(29)27-20-11-7-15(2)8-12-20/h7-14,17H,6H2,1-5H3,(H,27,29)(H,28,30). The molecule has 1 atom stereocenters. The first-order chi connectivity index (χ1) is 16.2. The van der Waals surface area contributed by atoms with E-state index < -0.39 is 12.1 Å². The second kappa shape index (κ2) is 11.0. The minimum absolute atomic E-state index is 0.253. The van der Waals surface area contributed by atoms with Crippen LogP contribution in [0.3, 0.4) is 0 Å². The molecule has 34 heavy (non-hydrogen) atoms. The van der Waals surface area contributed by atoms with Crippen LogP contribution in [0.5, 0.6) is 5.75 Å². The number of amides is 2. The average molecular weight is 481 g/mol. The summed E-state index contributed by atoms with van der Waals surface area (Å²) in [6, 6.07) is 14.0. The second-order valence-corrected chi connectivity index (χ2v) is 9.03. The van der Waals surface area contributed by atoms with E-state index in [0.29, 0.717) is 27.6 Å². The van der Waals surface area contributed by atoms with Crippen molar-refractivity contribution < 1.29 is 23.9 Å². The summed E-state index contributed by atoms with van der Waals surface area (Å²) in [5, 5.41) is 6.08. The van der Waals surface area contributed by atoms with E-state index in [1.165, 1.54) is 11.3 Å². The van der Waals surface area contributed by atoms with Crippen molar-refractivity contribution in [2.45, 2.75) is 40.7 Å². The Bertz CT molecular complexity index is 1180. The quantitative estimate of drug-likeness (QED) is 0.415. The maximum Gasteiger partial charge on any atom is 0.341 e. The Hall–Kier alpha value is -3.65. The molecule has 3 rings (SSSR count). The van der Waals surface area contributed by atoms with Crippen LogP contribution in [0, 0.1) is 20.8 Å². The van der Waals surface area contributed by atoms with E-state index in [2.05, 4.69) is 10.6 Å². The third kappa shape index (κ3) is 6.02. The van der Waals surface area contributed by atoms with Crippen molar-refractivity contribution in [3.8, 4) is 5.75 Å². The lowest BCUT2D eigenvalue weighted by Gasteiger charge is -2.15. The minimum Gasteiger partial charge on any atom is -0.481 e. The Kier molecular flexibility index (Phi) is 8.07. The smallest absolute Gasteiger partial charge is 0.341 e. The van der Waals surface area contributed by atoms with Gasteiger partial charge in [0.25, 0.3) is 11.8 Å². The van der Waals surface area contributed by atoms with E-state index in [-0.39, 0.29) is 18.4 Å². The lowest BCUT2D eigenvalue weighted by Crippen LogP contribution is -2.30.